The molecule has 0 spiro atoms. The number of halogens is 1. The molecular weight excluding hydrogens is 300 g/mol. The molecule has 3 rings (SSSR count). The minimum Gasteiger partial charge on any atom is -0.316 e. The lowest BCUT2D eigenvalue weighted by atomic mass is 9.93. The van der Waals surface area contributed by atoms with Crippen LogP contribution in [0.4, 0.5) is 0 Å². The summed E-state index contributed by atoms with van der Waals surface area (Å²) in [4.78, 5) is 2.65. The highest BCUT2D eigenvalue weighted by molar-refractivity contribution is 9.10. The van der Waals surface area contributed by atoms with Crippen LogP contribution in [0.1, 0.15) is 29.5 Å². The van der Waals surface area contributed by atoms with Gasteiger partial charge in [-0.15, -0.1) is 0 Å². The first-order valence-electron chi connectivity index (χ1n) is 7.43. The molecule has 1 aromatic carbocycles. The van der Waals surface area contributed by atoms with Crippen molar-refractivity contribution in [1.82, 2.24) is 10.2 Å². The van der Waals surface area contributed by atoms with Crippen molar-refractivity contribution in [3.05, 3.63) is 33.3 Å². The van der Waals surface area contributed by atoms with Gasteiger partial charge in [0.2, 0.25) is 0 Å². The molecular formula is C16H23BrN2. The van der Waals surface area contributed by atoms with Crippen molar-refractivity contribution in [3.8, 4) is 0 Å². The number of hydrogen-bond acceptors (Lipinski definition) is 2. The summed E-state index contributed by atoms with van der Waals surface area (Å²) < 4.78 is 1.23. The molecule has 2 aliphatic rings. The summed E-state index contributed by atoms with van der Waals surface area (Å²) in [5.41, 5.74) is 4.55. The van der Waals surface area contributed by atoms with Gasteiger partial charge < -0.3 is 5.32 Å². The van der Waals surface area contributed by atoms with Gasteiger partial charge in [0.15, 0.2) is 0 Å². The van der Waals surface area contributed by atoms with Crippen LogP contribution in [-0.2, 0) is 13.0 Å². The van der Waals surface area contributed by atoms with E-state index in [4.69, 9.17) is 0 Å². The summed E-state index contributed by atoms with van der Waals surface area (Å²) in [7, 11) is 0. The fraction of sp³-hybridized carbons (Fsp3) is 0.625. The van der Waals surface area contributed by atoms with Gasteiger partial charge in [-0.25, -0.2) is 0 Å². The lowest BCUT2D eigenvalue weighted by Crippen LogP contribution is -2.40. The zero-order chi connectivity index (χ0) is 13.2. The fourth-order valence-electron chi connectivity index (χ4n) is 3.47. The molecule has 3 heteroatoms. The van der Waals surface area contributed by atoms with Crippen molar-refractivity contribution in [2.24, 2.45) is 5.92 Å². The maximum atomic E-state index is 3.61. The standard InChI is InChI=1S/C16H23BrN2/c1-12-7-15(17)8-14-4-6-19(11-16(12)14)10-13-3-2-5-18-9-13/h7-8,13,18H,2-6,9-11H2,1H3. The number of nitrogens with zero attached hydrogens (tertiary/aromatic N) is 1. The van der Waals surface area contributed by atoms with Crippen molar-refractivity contribution < 1.29 is 0 Å². The number of piperidine rings is 1. The van der Waals surface area contributed by atoms with E-state index in [1.165, 1.54) is 55.5 Å². The molecule has 0 radical (unpaired) electrons. The van der Waals surface area contributed by atoms with Crippen LogP contribution in [0.5, 0.6) is 0 Å². The Bertz CT molecular complexity index is 452. The maximum Gasteiger partial charge on any atom is 0.0239 e. The monoisotopic (exact) mass is 322 g/mol. The van der Waals surface area contributed by atoms with Crippen molar-refractivity contribution in [1.29, 1.82) is 0 Å². The first kappa shape index (κ1) is 13.6. The highest BCUT2D eigenvalue weighted by Crippen LogP contribution is 2.27. The molecule has 1 atom stereocenters. The van der Waals surface area contributed by atoms with Gasteiger partial charge in [0.1, 0.15) is 0 Å². The Morgan fingerprint density at radius 3 is 3.11 bits per heavy atom. The second kappa shape index (κ2) is 5.94. The van der Waals surface area contributed by atoms with E-state index in [-0.39, 0.29) is 0 Å². The van der Waals surface area contributed by atoms with E-state index in [2.05, 4.69) is 45.2 Å². The smallest absolute Gasteiger partial charge is 0.0239 e. The van der Waals surface area contributed by atoms with Gasteiger partial charge in [-0.2, -0.15) is 0 Å². The summed E-state index contributed by atoms with van der Waals surface area (Å²) in [5, 5.41) is 3.53. The summed E-state index contributed by atoms with van der Waals surface area (Å²) in [6.45, 7) is 8.30. The number of rotatable bonds is 2. The molecule has 0 saturated carbocycles. The molecule has 2 heterocycles. The van der Waals surface area contributed by atoms with Crippen LogP contribution in [0.3, 0.4) is 0 Å². The van der Waals surface area contributed by atoms with Crippen LogP contribution < -0.4 is 5.32 Å². The van der Waals surface area contributed by atoms with Crippen molar-refractivity contribution >= 4 is 15.9 Å². The van der Waals surface area contributed by atoms with Crippen LogP contribution in [-0.4, -0.2) is 31.1 Å². The van der Waals surface area contributed by atoms with Crippen LogP contribution in [0.25, 0.3) is 0 Å². The van der Waals surface area contributed by atoms with E-state index in [0.717, 1.165) is 12.5 Å². The third kappa shape index (κ3) is 3.21. The fourth-order valence-corrected chi connectivity index (χ4v) is 4.09. The maximum absolute atomic E-state index is 3.61. The van der Waals surface area contributed by atoms with E-state index < -0.39 is 0 Å². The zero-order valence-electron chi connectivity index (χ0n) is 11.7. The molecule has 0 amide bonds. The lowest BCUT2D eigenvalue weighted by molar-refractivity contribution is 0.193. The van der Waals surface area contributed by atoms with E-state index in [9.17, 15) is 0 Å². The molecule has 19 heavy (non-hydrogen) atoms. The van der Waals surface area contributed by atoms with Crippen molar-refractivity contribution in [3.63, 3.8) is 0 Å². The van der Waals surface area contributed by atoms with Gasteiger partial charge in [0.25, 0.3) is 0 Å². The van der Waals surface area contributed by atoms with Crippen LogP contribution >= 0.6 is 15.9 Å². The van der Waals surface area contributed by atoms with Gasteiger partial charge in [0, 0.05) is 24.1 Å². The zero-order valence-corrected chi connectivity index (χ0v) is 13.3. The number of aryl methyl sites for hydroxylation is 1. The Balaban J connectivity index is 1.68. The Morgan fingerprint density at radius 2 is 2.32 bits per heavy atom. The highest BCUT2D eigenvalue weighted by Gasteiger charge is 2.22. The average molecular weight is 323 g/mol. The first-order valence-corrected chi connectivity index (χ1v) is 8.22. The Kier molecular flexibility index (Phi) is 4.25. The molecule has 1 unspecified atom stereocenters. The van der Waals surface area contributed by atoms with Crippen LogP contribution in [0.2, 0.25) is 0 Å². The predicted molar refractivity (Wildman–Crippen MR) is 83.5 cm³/mol. The molecule has 0 bridgehead atoms. The number of hydrogen-bond donors (Lipinski definition) is 1. The topological polar surface area (TPSA) is 15.3 Å². The number of benzene rings is 1. The molecule has 2 aliphatic heterocycles. The minimum absolute atomic E-state index is 0.853. The first-order chi connectivity index (χ1) is 9.22. The number of fused-ring (bicyclic) bond motifs is 1. The van der Waals surface area contributed by atoms with Crippen molar-refractivity contribution in [2.75, 3.05) is 26.2 Å². The summed E-state index contributed by atoms with van der Waals surface area (Å²) in [5.74, 6) is 0.853. The Labute approximate surface area is 124 Å². The van der Waals surface area contributed by atoms with Gasteiger partial charge in [-0.1, -0.05) is 15.9 Å². The normalized spacial score (nSPS) is 24.2. The number of nitrogens with one attached hydrogen (secondary N) is 1. The van der Waals surface area contributed by atoms with E-state index in [0.29, 0.717) is 0 Å². The lowest BCUT2D eigenvalue weighted by Gasteiger charge is -2.34. The molecule has 104 valence electrons. The SMILES string of the molecule is Cc1cc(Br)cc2c1CN(CC1CCCNC1)CC2. The van der Waals surface area contributed by atoms with Crippen LogP contribution in [0.15, 0.2) is 16.6 Å². The Morgan fingerprint density at radius 1 is 1.42 bits per heavy atom. The van der Waals surface area contributed by atoms with E-state index in [1.807, 2.05) is 0 Å². The molecule has 1 fully saturated rings. The van der Waals surface area contributed by atoms with E-state index in [1.54, 1.807) is 11.1 Å². The quantitative estimate of drug-likeness (QED) is 0.900. The molecule has 1 N–H and O–H groups in total. The van der Waals surface area contributed by atoms with Gasteiger partial charge in [0.05, 0.1) is 0 Å². The third-order valence-corrected chi connectivity index (χ3v) is 4.98. The second-order valence-electron chi connectivity index (χ2n) is 6.06. The molecule has 0 aromatic heterocycles. The molecule has 1 aromatic rings. The summed E-state index contributed by atoms with van der Waals surface area (Å²) in [6, 6.07) is 4.56. The summed E-state index contributed by atoms with van der Waals surface area (Å²) >= 11 is 3.61. The minimum atomic E-state index is 0.853. The third-order valence-electron chi connectivity index (χ3n) is 4.52. The largest absolute Gasteiger partial charge is 0.316 e. The summed E-state index contributed by atoms with van der Waals surface area (Å²) in [6.07, 6.45) is 3.95. The van der Waals surface area contributed by atoms with Gasteiger partial charge in [-0.05, 0) is 74.0 Å². The molecule has 0 aliphatic carbocycles. The van der Waals surface area contributed by atoms with Gasteiger partial charge >= 0.3 is 0 Å². The van der Waals surface area contributed by atoms with Gasteiger partial charge in [-0.3, -0.25) is 4.90 Å². The van der Waals surface area contributed by atoms with Crippen LogP contribution in [0, 0.1) is 12.8 Å². The molecule has 1 saturated heterocycles. The predicted octanol–water partition coefficient (Wildman–Crippen LogP) is 3.12. The van der Waals surface area contributed by atoms with E-state index >= 15 is 0 Å². The second-order valence-corrected chi connectivity index (χ2v) is 6.97. The molecule has 2 nitrogen and oxygen atoms in total. The highest BCUT2D eigenvalue weighted by atomic mass is 79.9. The average Bonchev–Trinajstić information content (AvgIpc) is 2.40. The van der Waals surface area contributed by atoms with Crippen molar-refractivity contribution in [2.45, 2.75) is 32.7 Å². The Hall–Kier alpha value is -0.380.